The average molecular weight is 745 g/mol. The molecule has 0 fully saturated rings. The Morgan fingerprint density at radius 2 is 0.426 bits per heavy atom. The van der Waals surface area contributed by atoms with Crippen molar-refractivity contribution in [2.45, 2.75) is 157 Å². The van der Waals surface area contributed by atoms with E-state index in [-0.39, 0.29) is 0 Å². The Kier molecular flexibility index (Phi) is 19.8. The van der Waals surface area contributed by atoms with Gasteiger partial charge in [-0.05, 0) is 107 Å². The highest BCUT2D eigenvalue weighted by atomic mass is 16.5. The molecule has 0 saturated heterocycles. The minimum atomic E-state index is 0.648. The SMILES string of the molecule is CCCCCCOc1cc2c(cc1OCCCC)c1cc(OCCCCCC)c(OCCCC)cc1c1cc(OCCCCCC)c(OCCCC)cc21. The maximum atomic E-state index is 6.56. The Hall–Kier alpha value is -3.54. The lowest BCUT2D eigenvalue weighted by molar-refractivity contribution is 0.260. The van der Waals surface area contributed by atoms with Crippen LogP contribution in [0.2, 0.25) is 0 Å². The fourth-order valence-electron chi connectivity index (χ4n) is 6.81. The summed E-state index contributed by atoms with van der Waals surface area (Å²) >= 11 is 0. The van der Waals surface area contributed by atoms with Crippen LogP contribution in [0.15, 0.2) is 36.4 Å². The lowest BCUT2D eigenvalue weighted by Crippen LogP contribution is -2.05. The van der Waals surface area contributed by atoms with E-state index in [4.69, 9.17) is 28.4 Å². The Morgan fingerprint density at radius 3 is 0.611 bits per heavy atom. The van der Waals surface area contributed by atoms with Crippen molar-refractivity contribution in [2.75, 3.05) is 39.6 Å². The summed E-state index contributed by atoms with van der Waals surface area (Å²) in [5.74, 6) is 4.78. The fourth-order valence-corrected chi connectivity index (χ4v) is 6.81. The number of benzene rings is 4. The molecule has 4 aromatic rings. The maximum absolute atomic E-state index is 6.56. The fraction of sp³-hybridized carbons (Fsp3) is 0.625. The Balaban J connectivity index is 1.97. The normalized spacial score (nSPS) is 11.4. The van der Waals surface area contributed by atoms with Gasteiger partial charge in [0.1, 0.15) is 0 Å². The van der Waals surface area contributed by atoms with Crippen LogP contribution in [0.1, 0.15) is 157 Å². The lowest BCUT2D eigenvalue weighted by Gasteiger charge is -2.20. The average Bonchev–Trinajstić information content (AvgIpc) is 3.18. The van der Waals surface area contributed by atoms with Gasteiger partial charge in [0.15, 0.2) is 34.5 Å². The third-order valence-corrected chi connectivity index (χ3v) is 10.2. The summed E-state index contributed by atoms with van der Waals surface area (Å²) in [6, 6.07) is 13.2. The quantitative estimate of drug-likeness (QED) is 0.0391. The van der Waals surface area contributed by atoms with Crippen molar-refractivity contribution < 1.29 is 28.4 Å². The van der Waals surface area contributed by atoms with Gasteiger partial charge in [-0.1, -0.05) is 119 Å². The summed E-state index contributed by atoms with van der Waals surface area (Å²) in [6.45, 7) is 17.3. The van der Waals surface area contributed by atoms with Gasteiger partial charge < -0.3 is 28.4 Å². The van der Waals surface area contributed by atoms with E-state index in [0.29, 0.717) is 39.6 Å². The topological polar surface area (TPSA) is 55.4 Å². The minimum Gasteiger partial charge on any atom is -0.490 e. The summed E-state index contributed by atoms with van der Waals surface area (Å²) in [5, 5.41) is 6.62. The molecular formula is C48H72O6. The van der Waals surface area contributed by atoms with Crippen molar-refractivity contribution in [2.24, 2.45) is 0 Å². The molecule has 6 heteroatoms. The summed E-state index contributed by atoms with van der Waals surface area (Å²) in [7, 11) is 0. The van der Waals surface area contributed by atoms with Gasteiger partial charge in [-0.15, -0.1) is 0 Å². The van der Waals surface area contributed by atoms with E-state index >= 15 is 0 Å². The second-order valence-electron chi connectivity index (χ2n) is 14.9. The number of rotatable bonds is 30. The van der Waals surface area contributed by atoms with Crippen LogP contribution in [0.3, 0.4) is 0 Å². The first kappa shape index (κ1) is 43.2. The van der Waals surface area contributed by atoms with Crippen LogP contribution in [0, 0.1) is 0 Å². The lowest BCUT2D eigenvalue weighted by atomic mass is 9.93. The van der Waals surface area contributed by atoms with Gasteiger partial charge in [0.2, 0.25) is 0 Å². The molecule has 0 heterocycles. The molecule has 0 spiro atoms. The van der Waals surface area contributed by atoms with E-state index in [0.717, 1.165) is 144 Å². The summed E-state index contributed by atoms with van der Waals surface area (Å²) in [6.07, 6.45) is 19.9. The summed E-state index contributed by atoms with van der Waals surface area (Å²) in [5.41, 5.74) is 0. The number of unbranched alkanes of at least 4 members (excludes halogenated alkanes) is 12. The van der Waals surface area contributed by atoms with E-state index < -0.39 is 0 Å². The number of hydrogen-bond acceptors (Lipinski definition) is 6. The number of fused-ring (bicyclic) bond motifs is 6. The van der Waals surface area contributed by atoms with Crippen LogP contribution in [-0.2, 0) is 0 Å². The summed E-state index contributed by atoms with van der Waals surface area (Å²) in [4.78, 5) is 0. The molecule has 0 aliphatic carbocycles. The predicted molar refractivity (Wildman–Crippen MR) is 229 cm³/mol. The molecule has 0 aromatic heterocycles. The molecule has 0 aliphatic heterocycles. The molecule has 4 aromatic carbocycles. The molecule has 0 bridgehead atoms. The van der Waals surface area contributed by atoms with Crippen molar-refractivity contribution >= 4 is 32.3 Å². The van der Waals surface area contributed by atoms with Crippen molar-refractivity contribution in [1.29, 1.82) is 0 Å². The summed E-state index contributed by atoms with van der Waals surface area (Å²) < 4.78 is 39.2. The standard InChI is InChI=1S/C48H72O6/c1-7-13-19-22-28-52-46-34-40-37(31-43(46)49-25-16-10-4)41-35-47(53-29-23-20-14-8-2)45(51-27-18-12-6)33-39(41)42-36-48(54-30-24-21-15-9-3)44(32-38(40)42)50-26-17-11-5/h31-36H,7-30H2,1-6H3. The van der Waals surface area contributed by atoms with Crippen LogP contribution in [0.4, 0.5) is 0 Å². The van der Waals surface area contributed by atoms with E-state index in [2.05, 4.69) is 77.9 Å². The van der Waals surface area contributed by atoms with Crippen molar-refractivity contribution in [3.05, 3.63) is 36.4 Å². The monoisotopic (exact) mass is 745 g/mol. The Labute approximate surface area is 327 Å². The third kappa shape index (κ3) is 12.8. The largest absolute Gasteiger partial charge is 0.490 e. The van der Waals surface area contributed by atoms with Crippen molar-refractivity contribution in [1.82, 2.24) is 0 Å². The molecule has 0 unspecified atom stereocenters. The van der Waals surface area contributed by atoms with Crippen LogP contribution in [-0.4, -0.2) is 39.6 Å². The van der Waals surface area contributed by atoms with Gasteiger partial charge in [-0.2, -0.15) is 0 Å². The zero-order chi connectivity index (χ0) is 38.4. The van der Waals surface area contributed by atoms with Crippen LogP contribution in [0.25, 0.3) is 32.3 Å². The molecule has 0 saturated carbocycles. The van der Waals surface area contributed by atoms with Gasteiger partial charge in [0.05, 0.1) is 39.6 Å². The highest BCUT2D eigenvalue weighted by Crippen LogP contribution is 2.47. The van der Waals surface area contributed by atoms with Crippen LogP contribution >= 0.6 is 0 Å². The Bertz CT molecular complexity index is 1440. The van der Waals surface area contributed by atoms with Crippen molar-refractivity contribution in [3.8, 4) is 34.5 Å². The first-order chi connectivity index (χ1) is 26.6. The molecule has 0 N–H and O–H groups in total. The number of hydrogen-bond donors (Lipinski definition) is 0. The first-order valence-corrected chi connectivity index (χ1v) is 21.9. The Morgan fingerprint density at radius 1 is 0.241 bits per heavy atom. The molecule has 0 aliphatic rings. The minimum absolute atomic E-state index is 0.648. The second kappa shape index (κ2) is 24.8. The molecule has 4 rings (SSSR count). The van der Waals surface area contributed by atoms with Gasteiger partial charge in [0.25, 0.3) is 0 Å². The zero-order valence-corrected chi connectivity index (χ0v) is 34.9. The van der Waals surface area contributed by atoms with Gasteiger partial charge >= 0.3 is 0 Å². The third-order valence-electron chi connectivity index (χ3n) is 10.2. The van der Waals surface area contributed by atoms with Crippen LogP contribution < -0.4 is 28.4 Å². The van der Waals surface area contributed by atoms with Gasteiger partial charge in [-0.25, -0.2) is 0 Å². The molecule has 6 nitrogen and oxygen atoms in total. The van der Waals surface area contributed by atoms with E-state index in [1.165, 1.54) is 38.5 Å². The van der Waals surface area contributed by atoms with E-state index in [9.17, 15) is 0 Å². The molecule has 0 amide bonds. The molecular weight excluding hydrogens is 673 g/mol. The smallest absolute Gasteiger partial charge is 0.161 e. The predicted octanol–water partition coefficient (Wildman–Crippen LogP) is 14.6. The van der Waals surface area contributed by atoms with Crippen molar-refractivity contribution in [3.63, 3.8) is 0 Å². The highest BCUT2D eigenvalue weighted by Gasteiger charge is 2.20. The highest BCUT2D eigenvalue weighted by molar-refractivity contribution is 6.26. The van der Waals surface area contributed by atoms with E-state index in [1.807, 2.05) is 0 Å². The van der Waals surface area contributed by atoms with Crippen LogP contribution in [0.5, 0.6) is 34.5 Å². The molecule has 0 radical (unpaired) electrons. The van der Waals surface area contributed by atoms with E-state index in [1.54, 1.807) is 0 Å². The first-order valence-electron chi connectivity index (χ1n) is 21.9. The zero-order valence-electron chi connectivity index (χ0n) is 34.9. The molecule has 54 heavy (non-hydrogen) atoms. The van der Waals surface area contributed by atoms with Gasteiger partial charge in [-0.3, -0.25) is 0 Å². The molecule has 0 atom stereocenters. The second-order valence-corrected chi connectivity index (χ2v) is 14.9. The molecule has 300 valence electrons. The number of ether oxygens (including phenoxy) is 6. The van der Waals surface area contributed by atoms with Gasteiger partial charge in [0, 0.05) is 0 Å². The maximum Gasteiger partial charge on any atom is 0.161 e.